The van der Waals surface area contributed by atoms with Crippen molar-refractivity contribution in [2.24, 2.45) is 0 Å². The minimum atomic E-state index is -0.124. The van der Waals surface area contributed by atoms with Gasteiger partial charge in [0.05, 0.1) is 25.0 Å². The topological polar surface area (TPSA) is 54.0 Å². The zero-order chi connectivity index (χ0) is 11.1. The van der Waals surface area contributed by atoms with Crippen molar-refractivity contribution in [1.29, 1.82) is 0 Å². The Balaban J connectivity index is 2.45. The molecule has 1 heterocycles. The number of carbonyl (C=O) groups excluding carboxylic acids is 1. The molecule has 15 heavy (non-hydrogen) atoms. The standard InChI is InChI=1S/C11H13N3O/c1-3-5-12-8-11(15)14-10-7-13-6-4-9(10)2/h1,4,6-7,12H,5,8H2,2H3,(H,14,15). The fourth-order valence-electron chi connectivity index (χ4n) is 1.04. The van der Waals surface area contributed by atoms with E-state index in [1.54, 1.807) is 12.4 Å². The molecule has 0 spiro atoms. The van der Waals surface area contributed by atoms with Gasteiger partial charge in [-0.05, 0) is 18.6 Å². The molecule has 4 nitrogen and oxygen atoms in total. The van der Waals surface area contributed by atoms with Crippen LogP contribution in [0.2, 0.25) is 0 Å². The molecule has 0 aliphatic carbocycles. The molecule has 0 aliphatic rings. The number of hydrogen-bond acceptors (Lipinski definition) is 3. The lowest BCUT2D eigenvalue weighted by molar-refractivity contribution is -0.115. The minimum absolute atomic E-state index is 0.124. The number of rotatable bonds is 4. The summed E-state index contributed by atoms with van der Waals surface area (Å²) in [5.74, 6) is 2.27. The Hall–Kier alpha value is -1.86. The number of nitrogens with zero attached hydrogens (tertiary/aromatic N) is 1. The van der Waals surface area contributed by atoms with Crippen molar-refractivity contribution in [3.8, 4) is 12.3 Å². The lowest BCUT2D eigenvalue weighted by Gasteiger charge is -2.07. The number of amides is 1. The van der Waals surface area contributed by atoms with E-state index < -0.39 is 0 Å². The van der Waals surface area contributed by atoms with Crippen molar-refractivity contribution in [2.75, 3.05) is 18.4 Å². The number of aromatic nitrogens is 1. The molecule has 0 radical (unpaired) electrons. The lowest BCUT2D eigenvalue weighted by Crippen LogP contribution is -2.28. The molecule has 4 heteroatoms. The molecule has 0 aliphatic heterocycles. The number of terminal acetylenes is 1. The van der Waals surface area contributed by atoms with Crippen molar-refractivity contribution >= 4 is 11.6 Å². The van der Waals surface area contributed by atoms with Crippen LogP contribution in [0.3, 0.4) is 0 Å². The molecule has 0 fully saturated rings. The number of nitrogens with one attached hydrogen (secondary N) is 2. The Morgan fingerprint density at radius 2 is 2.47 bits per heavy atom. The van der Waals surface area contributed by atoms with Crippen LogP contribution in [-0.4, -0.2) is 24.0 Å². The van der Waals surface area contributed by atoms with E-state index in [2.05, 4.69) is 21.5 Å². The summed E-state index contributed by atoms with van der Waals surface area (Å²) in [5.41, 5.74) is 1.71. The molecular weight excluding hydrogens is 190 g/mol. The summed E-state index contributed by atoms with van der Waals surface area (Å²) in [4.78, 5) is 15.3. The zero-order valence-electron chi connectivity index (χ0n) is 8.58. The summed E-state index contributed by atoms with van der Waals surface area (Å²) in [6.07, 6.45) is 8.34. The number of anilines is 1. The first kappa shape index (κ1) is 11.2. The van der Waals surface area contributed by atoms with Crippen LogP contribution in [-0.2, 0) is 4.79 Å². The maximum atomic E-state index is 11.4. The Bertz CT molecular complexity index is 382. The molecule has 1 rings (SSSR count). The Morgan fingerprint density at radius 1 is 1.67 bits per heavy atom. The third-order valence-electron chi connectivity index (χ3n) is 1.83. The third kappa shape index (κ3) is 3.79. The highest BCUT2D eigenvalue weighted by Crippen LogP contribution is 2.10. The number of hydrogen-bond donors (Lipinski definition) is 2. The van der Waals surface area contributed by atoms with Gasteiger partial charge in [0.2, 0.25) is 5.91 Å². The molecule has 78 valence electrons. The molecule has 1 aromatic heterocycles. The summed E-state index contributed by atoms with van der Waals surface area (Å²) in [6, 6.07) is 1.84. The van der Waals surface area contributed by atoms with Gasteiger partial charge in [-0.25, -0.2) is 0 Å². The van der Waals surface area contributed by atoms with Gasteiger partial charge in [0.25, 0.3) is 0 Å². The van der Waals surface area contributed by atoms with Gasteiger partial charge in [-0.2, -0.15) is 0 Å². The second-order valence-corrected chi connectivity index (χ2v) is 3.05. The Morgan fingerprint density at radius 3 is 3.13 bits per heavy atom. The molecule has 1 amide bonds. The monoisotopic (exact) mass is 203 g/mol. The average molecular weight is 203 g/mol. The van der Waals surface area contributed by atoms with Crippen LogP contribution in [0.1, 0.15) is 5.56 Å². The molecule has 0 bridgehead atoms. The van der Waals surface area contributed by atoms with Gasteiger partial charge < -0.3 is 5.32 Å². The Labute approximate surface area is 89.1 Å². The maximum absolute atomic E-state index is 11.4. The van der Waals surface area contributed by atoms with E-state index in [0.29, 0.717) is 6.54 Å². The predicted molar refractivity (Wildman–Crippen MR) is 59.3 cm³/mol. The summed E-state index contributed by atoms with van der Waals surface area (Å²) in [7, 11) is 0. The van der Waals surface area contributed by atoms with Gasteiger partial charge in [0.1, 0.15) is 0 Å². The van der Waals surface area contributed by atoms with Gasteiger partial charge in [-0.1, -0.05) is 5.92 Å². The highest BCUT2D eigenvalue weighted by molar-refractivity contribution is 5.92. The predicted octanol–water partition coefficient (Wildman–Crippen LogP) is 0.551. The molecule has 0 saturated carbocycles. The second kappa shape index (κ2) is 5.78. The zero-order valence-corrected chi connectivity index (χ0v) is 8.58. The maximum Gasteiger partial charge on any atom is 0.238 e. The number of carbonyl (C=O) groups is 1. The van der Waals surface area contributed by atoms with Crippen LogP contribution in [0.4, 0.5) is 5.69 Å². The second-order valence-electron chi connectivity index (χ2n) is 3.05. The summed E-state index contributed by atoms with van der Waals surface area (Å²) in [6.45, 7) is 2.50. The normalized spacial score (nSPS) is 9.33. The van der Waals surface area contributed by atoms with E-state index in [-0.39, 0.29) is 12.5 Å². The smallest absolute Gasteiger partial charge is 0.238 e. The van der Waals surface area contributed by atoms with Crippen molar-refractivity contribution in [2.45, 2.75) is 6.92 Å². The first-order chi connectivity index (χ1) is 7.24. The van der Waals surface area contributed by atoms with Crippen molar-refractivity contribution in [3.05, 3.63) is 24.0 Å². The third-order valence-corrected chi connectivity index (χ3v) is 1.83. The van der Waals surface area contributed by atoms with Gasteiger partial charge >= 0.3 is 0 Å². The van der Waals surface area contributed by atoms with Crippen LogP contribution in [0.25, 0.3) is 0 Å². The van der Waals surface area contributed by atoms with Gasteiger partial charge in [-0.15, -0.1) is 6.42 Å². The number of aryl methyl sites for hydroxylation is 1. The van der Waals surface area contributed by atoms with E-state index in [4.69, 9.17) is 6.42 Å². The fourth-order valence-corrected chi connectivity index (χ4v) is 1.04. The SMILES string of the molecule is C#CCNCC(=O)Nc1cnccc1C. The highest BCUT2D eigenvalue weighted by Gasteiger charge is 2.02. The van der Waals surface area contributed by atoms with Crippen LogP contribution in [0.15, 0.2) is 18.5 Å². The highest BCUT2D eigenvalue weighted by atomic mass is 16.1. The quantitative estimate of drug-likeness (QED) is 0.555. The van der Waals surface area contributed by atoms with Crippen molar-refractivity contribution in [3.63, 3.8) is 0 Å². The average Bonchev–Trinajstić information content (AvgIpc) is 2.22. The van der Waals surface area contributed by atoms with Crippen molar-refractivity contribution < 1.29 is 4.79 Å². The first-order valence-electron chi connectivity index (χ1n) is 4.58. The molecular formula is C11H13N3O. The fraction of sp³-hybridized carbons (Fsp3) is 0.273. The molecule has 2 N–H and O–H groups in total. The van der Waals surface area contributed by atoms with E-state index in [1.807, 2.05) is 13.0 Å². The lowest BCUT2D eigenvalue weighted by atomic mass is 10.2. The minimum Gasteiger partial charge on any atom is -0.323 e. The van der Waals surface area contributed by atoms with Crippen LogP contribution >= 0.6 is 0 Å². The van der Waals surface area contributed by atoms with Gasteiger partial charge in [-0.3, -0.25) is 15.1 Å². The number of pyridine rings is 1. The van der Waals surface area contributed by atoms with Crippen molar-refractivity contribution in [1.82, 2.24) is 10.3 Å². The van der Waals surface area contributed by atoms with Crippen LogP contribution < -0.4 is 10.6 Å². The molecule has 0 aromatic carbocycles. The van der Waals surface area contributed by atoms with Gasteiger partial charge in [0.15, 0.2) is 0 Å². The van der Waals surface area contributed by atoms with E-state index in [0.717, 1.165) is 11.3 Å². The Kier molecular flexibility index (Phi) is 4.32. The molecule has 1 aromatic rings. The van der Waals surface area contributed by atoms with Gasteiger partial charge in [0, 0.05) is 6.20 Å². The first-order valence-corrected chi connectivity index (χ1v) is 4.58. The molecule has 0 atom stereocenters. The van der Waals surface area contributed by atoms with Crippen LogP contribution in [0, 0.1) is 19.3 Å². The summed E-state index contributed by atoms with van der Waals surface area (Å²) >= 11 is 0. The summed E-state index contributed by atoms with van der Waals surface area (Å²) in [5, 5.41) is 5.54. The largest absolute Gasteiger partial charge is 0.323 e. The molecule has 0 unspecified atom stereocenters. The van der Waals surface area contributed by atoms with E-state index in [1.165, 1.54) is 0 Å². The van der Waals surface area contributed by atoms with E-state index >= 15 is 0 Å². The molecule has 0 saturated heterocycles. The van der Waals surface area contributed by atoms with Crippen LogP contribution in [0.5, 0.6) is 0 Å². The van der Waals surface area contributed by atoms with E-state index in [9.17, 15) is 4.79 Å². The summed E-state index contributed by atoms with van der Waals surface area (Å²) < 4.78 is 0.